The maximum absolute atomic E-state index is 13.4. The van der Waals surface area contributed by atoms with Crippen LogP contribution in [0.4, 0.5) is 0 Å². The Morgan fingerprint density at radius 1 is 1.14 bits per heavy atom. The molecule has 4 aliphatic carbocycles. The van der Waals surface area contributed by atoms with E-state index in [1.54, 1.807) is 12.1 Å². The lowest BCUT2D eigenvalue weighted by molar-refractivity contribution is -0.00811. The third-order valence-electron chi connectivity index (χ3n) is 7.08. The molecule has 1 atom stereocenters. The molecule has 0 radical (unpaired) electrons. The van der Waals surface area contributed by atoms with E-state index in [2.05, 4.69) is 4.72 Å². The van der Waals surface area contributed by atoms with Crippen LogP contribution in [0.3, 0.4) is 0 Å². The van der Waals surface area contributed by atoms with E-state index in [1.807, 2.05) is 0 Å². The Bertz CT molecular complexity index is 815. The molecule has 1 saturated heterocycles. The number of sulfonamides is 1. The van der Waals surface area contributed by atoms with Crippen LogP contribution in [0.2, 0.25) is 5.02 Å². The van der Waals surface area contributed by atoms with Crippen LogP contribution in [0.1, 0.15) is 44.9 Å². The van der Waals surface area contributed by atoms with Gasteiger partial charge in [-0.1, -0.05) is 11.6 Å². The number of ether oxygens (including phenoxy) is 2. The van der Waals surface area contributed by atoms with Crippen molar-refractivity contribution in [3.8, 4) is 5.75 Å². The highest BCUT2D eigenvalue weighted by atomic mass is 35.5. The molecule has 5 fully saturated rings. The first kappa shape index (κ1) is 19.2. The first-order valence-corrected chi connectivity index (χ1v) is 12.3. The van der Waals surface area contributed by atoms with Crippen molar-refractivity contribution in [1.82, 2.24) is 4.72 Å². The highest BCUT2D eigenvalue weighted by molar-refractivity contribution is 7.89. The molecule has 6 rings (SSSR count). The Hall–Kier alpha value is -0.820. The largest absolute Gasteiger partial charge is 0.492 e. The second kappa shape index (κ2) is 7.15. The van der Waals surface area contributed by atoms with E-state index in [9.17, 15) is 8.42 Å². The van der Waals surface area contributed by atoms with Crippen molar-refractivity contribution in [2.24, 2.45) is 23.7 Å². The molecule has 154 valence electrons. The molecule has 1 heterocycles. The predicted molar refractivity (Wildman–Crippen MR) is 107 cm³/mol. The summed E-state index contributed by atoms with van der Waals surface area (Å²) in [6.45, 7) is 1.87. The van der Waals surface area contributed by atoms with E-state index in [-0.39, 0.29) is 10.4 Å². The molecule has 0 amide bonds. The zero-order chi connectivity index (χ0) is 19.4. The van der Waals surface area contributed by atoms with Gasteiger partial charge in [-0.05, 0) is 80.9 Å². The Morgan fingerprint density at radius 2 is 1.82 bits per heavy atom. The van der Waals surface area contributed by atoms with Gasteiger partial charge in [0.25, 0.3) is 0 Å². The van der Waals surface area contributed by atoms with Gasteiger partial charge in [-0.25, -0.2) is 13.1 Å². The number of benzene rings is 1. The first-order valence-electron chi connectivity index (χ1n) is 10.4. The Balaban J connectivity index is 1.39. The fourth-order valence-corrected chi connectivity index (χ4v) is 8.15. The van der Waals surface area contributed by atoms with Crippen LogP contribution in [-0.2, 0) is 14.8 Å². The van der Waals surface area contributed by atoms with E-state index in [0.29, 0.717) is 47.7 Å². The molecule has 0 unspecified atom stereocenters. The van der Waals surface area contributed by atoms with Gasteiger partial charge in [0, 0.05) is 23.1 Å². The van der Waals surface area contributed by atoms with Crippen LogP contribution >= 0.6 is 11.6 Å². The molecular formula is C21H28ClNO4S. The zero-order valence-corrected chi connectivity index (χ0v) is 17.6. The Labute approximate surface area is 172 Å². The number of rotatable bonds is 6. The van der Waals surface area contributed by atoms with E-state index >= 15 is 0 Å². The number of halogens is 1. The molecule has 0 aromatic heterocycles. The summed E-state index contributed by atoms with van der Waals surface area (Å²) in [6, 6.07) is 4.88. The lowest BCUT2D eigenvalue weighted by Gasteiger charge is -2.56. The second-order valence-electron chi connectivity index (χ2n) is 9.44. The highest BCUT2D eigenvalue weighted by Gasteiger charge is 2.52. The fourth-order valence-electron chi connectivity index (χ4n) is 6.31. The summed E-state index contributed by atoms with van der Waals surface area (Å²) in [5.74, 6) is 2.71. The summed E-state index contributed by atoms with van der Waals surface area (Å²) in [5, 5.41) is 0.405. The van der Waals surface area contributed by atoms with E-state index in [0.717, 1.165) is 32.3 Å². The van der Waals surface area contributed by atoms with Crippen LogP contribution in [0.15, 0.2) is 23.1 Å². The molecule has 4 saturated carbocycles. The van der Waals surface area contributed by atoms with Crippen molar-refractivity contribution in [2.75, 3.05) is 19.8 Å². The van der Waals surface area contributed by atoms with Gasteiger partial charge < -0.3 is 9.47 Å². The van der Waals surface area contributed by atoms with Crippen molar-refractivity contribution in [2.45, 2.75) is 55.4 Å². The molecule has 1 aliphatic heterocycles. The quantitative estimate of drug-likeness (QED) is 0.748. The molecule has 0 spiro atoms. The van der Waals surface area contributed by atoms with Crippen molar-refractivity contribution in [3.05, 3.63) is 23.2 Å². The molecule has 4 bridgehead atoms. The Kier molecular flexibility index (Phi) is 4.89. The average molecular weight is 426 g/mol. The standard InChI is InChI=1S/C21H28ClNO4S/c22-18-1-2-19(27-13-14-3-4-26-12-14)20(8-18)28(24,25)23-21-9-15-5-16(10-21)7-17(6-15)11-21/h1-2,8,14-17,23H,3-7,9-13H2/t14-,15?,16?,17?,21?/m1/s1. The van der Waals surface area contributed by atoms with Gasteiger partial charge >= 0.3 is 0 Å². The Morgan fingerprint density at radius 3 is 2.43 bits per heavy atom. The van der Waals surface area contributed by atoms with Crippen LogP contribution in [-0.4, -0.2) is 33.8 Å². The molecule has 1 aromatic carbocycles. The second-order valence-corrected chi connectivity index (χ2v) is 11.5. The minimum absolute atomic E-state index is 0.162. The smallest absolute Gasteiger partial charge is 0.244 e. The van der Waals surface area contributed by atoms with Crippen LogP contribution < -0.4 is 9.46 Å². The molecule has 5 nitrogen and oxygen atoms in total. The highest BCUT2D eigenvalue weighted by Crippen LogP contribution is 2.56. The number of nitrogens with one attached hydrogen (secondary N) is 1. The normalized spacial score (nSPS) is 36.8. The molecule has 1 N–H and O–H groups in total. The third-order valence-corrected chi connectivity index (χ3v) is 8.92. The lowest BCUT2D eigenvalue weighted by atomic mass is 9.53. The fraction of sp³-hybridized carbons (Fsp3) is 0.714. The lowest BCUT2D eigenvalue weighted by Crippen LogP contribution is -2.59. The summed E-state index contributed by atoms with van der Waals surface area (Å²) in [6.07, 6.45) is 7.67. The van der Waals surface area contributed by atoms with E-state index < -0.39 is 10.0 Å². The van der Waals surface area contributed by atoms with Gasteiger partial charge in [0.1, 0.15) is 10.6 Å². The average Bonchev–Trinajstić information content (AvgIpc) is 3.12. The van der Waals surface area contributed by atoms with Crippen molar-refractivity contribution >= 4 is 21.6 Å². The van der Waals surface area contributed by atoms with Crippen molar-refractivity contribution < 1.29 is 17.9 Å². The molecule has 28 heavy (non-hydrogen) atoms. The minimum atomic E-state index is -3.71. The van der Waals surface area contributed by atoms with Crippen LogP contribution in [0.25, 0.3) is 0 Å². The molecule has 7 heteroatoms. The number of hydrogen-bond acceptors (Lipinski definition) is 4. The summed E-state index contributed by atoms with van der Waals surface area (Å²) in [5.41, 5.74) is -0.285. The summed E-state index contributed by atoms with van der Waals surface area (Å²) >= 11 is 6.16. The van der Waals surface area contributed by atoms with Crippen LogP contribution in [0, 0.1) is 23.7 Å². The van der Waals surface area contributed by atoms with E-state index in [4.69, 9.17) is 21.1 Å². The maximum atomic E-state index is 13.4. The minimum Gasteiger partial charge on any atom is -0.492 e. The third kappa shape index (κ3) is 3.69. The van der Waals surface area contributed by atoms with Crippen LogP contribution in [0.5, 0.6) is 5.75 Å². The monoisotopic (exact) mass is 425 g/mol. The van der Waals surface area contributed by atoms with Crippen molar-refractivity contribution in [3.63, 3.8) is 0 Å². The number of hydrogen-bond donors (Lipinski definition) is 1. The predicted octanol–water partition coefficient (Wildman–Crippen LogP) is 4.00. The van der Waals surface area contributed by atoms with Gasteiger partial charge in [0.2, 0.25) is 10.0 Å². The first-order chi connectivity index (χ1) is 13.4. The molecule has 1 aromatic rings. The summed E-state index contributed by atoms with van der Waals surface area (Å²) < 4.78 is 41.3. The zero-order valence-electron chi connectivity index (χ0n) is 16.0. The van der Waals surface area contributed by atoms with E-state index in [1.165, 1.54) is 25.3 Å². The van der Waals surface area contributed by atoms with Gasteiger partial charge in [0.15, 0.2) is 0 Å². The van der Waals surface area contributed by atoms with Gasteiger partial charge in [-0.2, -0.15) is 0 Å². The van der Waals surface area contributed by atoms with Gasteiger partial charge in [-0.15, -0.1) is 0 Å². The topological polar surface area (TPSA) is 64.6 Å². The maximum Gasteiger partial charge on any atom is 0.244 e. The molecular weight excluding hydrogens is 398 g/mol. The van der Waals surface area contributed by atoms with Crippen molar-refractivity contribution in [1.29, 1.82) is 0 Å². The molecule has 5 aliphatic rings. The van der Waals surface area contributed by atoms with Gasteiger partial charge in [0.05, 0.1) is 13.2 Å². The summed E-state index contributed by atoms with van der Waals surface area (Å²) in [4.78, 5) is 0.162. The summed E-state index contributed by atoms with van der Waals surface area (Å²) in [7, 11) is -3.71. The van der Waals surface area contributed by atoms with Gasteiger partial charge in [-0.3, -0.25) is 0 Å². The SMILES string of the molecule is O=S(=O)(NC12CC3CC(CC(C3)C1)C2)c1cc(Cl)ccc1OC[C@@H]1CCOC1.